The van der Waals surface area contributed by atoms with Crippen LogP contribution in [0.4, 0.5) is 5.82 Å². The van der Waals surface area contributed by atoms with E-state index in [2.05, 4.69) is 53.9 Å². The van der Waals surface area contributed by atoms with Gasteiger partial charge in [0, 0.05) is 19.6 Å². The number of hydrogen-bond acceptors (Lipinski definition) is 4. The molecule has 4 nitrogen and oxygen atoms in total. The maximum Gasteiger partial charge on any atom is 0.143 e. The van der Waals surface area contributed by atoms with Gasteiger partial charge in [0.2, 0.25) is 0 Å². The lowest BCUT2D eigenvalue weighted by atomic mass is 9.83. The second-order valence-electron chi connectivity index (χ2n) is 5.33. The summed E-state index contributed by atoms with van der Waals surface area (Å²) in [6.07, 6.45) is 0. The van der Waals surface area contributed by atoms with Crippen molar-refractivity contribution in [3.63, 3.8) is 0 Å². The van der Waals surface area contributed by atoms with Crippen molar-refractivity contribution >= 4 is 28.4 Å². The van der Waals surface area contributed by atoms with Gasteiger partial charge in [0.05, 0.1) is 15.9 Å². The Labute approximate surface area is 139 Å². The predicted molar refractivity (Wildman–Crippen MR) is 93.6 cm³/mol. The Morgan fingerprint density at radius 1 is 1.19 bits per heavy atom. The number of anilines is 1. The third kappa shape index (κ3) is 3.35. The molecule has 1 aromatic carbocycles. The Balaban J connectivity index is 2.55. The summed E-state index contributed by atoms with van der Waals surface area (Å²) in [5.74, 6) is 1.64. The zero-order valence-corrected chi connectivity index (χ0v) is 14.9. The molecule has 2 aromatic rings. The van der Waals surface area contributed by atoms with E-state index in [1.165, 1.54) is 5.56 Å². The quantitative estimate of drug-likeness (QED) is 0.784. The molecule has 0 aliphatic rings. The van der Waals surface area contributed by atoms with E-state index in [0.717, 1.165) is 20.9 Å². The van der Waals surface area contributed by atoms with Gasteiger partial charge in [0.25, 0.3) is 0 Å². The van der Waals surface area contributed by atoms with Crippen LogP contribution >= 0.6 is 22.6 Å². The molecule has 0 unspecified atom stereocenters. The number of ether oxygens (including phenoxy) is 1. The zero-order chi connectivity index (χ0) is 15.5. The Hall–Kier alpha value is -1.21. The van der Waals surface area contributed by atoms with E-state index in [1.54, 1.807) is 7.11 Å². The van der Waals surface area contributed by atoms with Crippen LogP contribution in [0.25, 0.3) is 0 Å². The lowest BCUT2D eigenvalue weighted by Crippen LogP contribution is -2.24. The first kappa shape index (κ1) is 16.2. The van der Waals surface area contributed by atoms with Crippen LogP contribution in [-0.4, -0.2) is 24.1 Å². The summed E-state index contributed by atoms with van der Waals surface area (Å²) in [5.41, 5.74) is 1.84. The fraction of sp³-hybridized carbons (Fsp3) is 0.375. The number of nitrogens with one attached hydrogen (secondary N) is 1. The highest BCUT2D eigenvalue weighted by atomic mass is 127. The summed E-state index contributed by atoms with van der Waals surface area (Å²) < 4.78 is 6.26. The molecule has 0 fully saturated rings. The summed E-state index contributed by atoms with van der Waals surface area (Å²) >= 11 is 2.26. The summed E-state index contributed by atoms with van der Waals surface area (Å²) in [4.78, 5) is 9.43. The number of methoxy groups -OCH3 is 1. The molecule has 0 amide bonds. The molecule has 0 spiro atoms. The summed E-state index contributed by atoms with van der Waals surface area (Å²) in [6, 6.07) is 10.3. The van der Waals surface area contributed by atoms with E-state index < -0.39 is 0 Å². The van der Waals surface area contributed by atoms with E-state index >= 15 is 0 Å². The molecular weight excluding hydrogens is 377 g/mol. The summed E-state index contributed by atoms with van der Waals surface area (Å²) in [5, 5.41) is 3.14. The van der Waals surface area contributed by atoms with Crippen molar-refractivity contribution in [2.45, 2.75) is 25.9 Å². The van der Waals surface area contributed by atoms with Gasteiger partial charge in [0.15, 0.2) is 0 Å². The van der Waals surface area contributed by atoms with Crippen LogP contribution in [0, 0.1) is 3.57 Å². The van der Waals surface area contributed by atoms with Gasteiger partial charge in [-0.3, -0.25) is 0 Å². The van der Waals surface area contributed by atoms with Crippen LogP contribution in [0.15, 0.2) is 30.3 Å². The largest absolute Gasteiger partial charge is 0.378 e. The molecule has 2 rings (SSSR count). The minimum absolute atomic E-state index is 0.264. The third-order valence-electron chi connectivity index (χ3n) is 3.49. The van der Waals surface area contributed by atoms with Crippen LogP contribution in [-0.2, 0) is 16.8 Å². The molecule has 112 valence electrons. The molecule has 0 saturated carbocycles. The normalized spacial score (nSPS) is 11.5. The smallest absolute Gasteiger partial charge is 0.143 e. The molecule has 1 aromatic heterocycles. The Morgan fingerprint density at radius 3 is 2.43 bits per heavy atom. The molecule has 0 saturated heterocycles. The maximum absolute atomic E-state index is 5.26. The number of nitrogens with zero attached hydrogens (tertiary/aromatic N) is 2. The highest BCUT2D eigenvalue weighted by molar-refractivity contribution is 14.1. The number of aromatic nitrogens is 2. The van der Waals surface area contributed by atoms with Crippen molar-refractivity contribution in [3.8, 4) is 0 Å². The molecule has 0 aliphatic heterocycles. The Morgan fingerprint density at radius 2 is 1.86 bits per heavy atom. The number of benzene rings is 1. The molecule has 5 heteroatoms. The number of halogens is 1. The molecule has 0 atom stereocenters. The zero-order valence-electron chi connectivity index (χ0n) is 12.8. The highest BCUT2D eigenvalue weighted by Gasteiger charge is 2.28. The van der Waals surface area contributed by atoms with Gasteiger partial charge in [-0.05, 0) is 42.0 Å². The fourth-order valence-corrected chi connectivity index (χ4v) is 2.82. The van der Waals surface area contributed by atoms with Crippen LogP contribution in [0.3, 0.4) is 0 Å². The van der Waals surface area contributed by atoms with Crippen LogP contribution in [0.1, 0.15) is 30.9 Å². The summed E-state index contributed by atoms with van der Waals surface area (Å²) in [7, 11) is 3.56. The topological polar surface area (TPSA) is 47.0 Å². The van der Waals surface area contributed by atoms with Crippen molar-refractivity contribution in [1.29, 1.82) is 0 Å². The van der Waals surface area contributed by atoms with Crippen molar-refractivity contribution in [1.82, 2.24) is 9.97 Å². The van der Waals surface area contributed by atoms with Crippen LogP contribution < -0.4 is 5.32 Å². The number of hydrogen-bond donors (Lipinski definition) is 1. The predicted octanol–water partition coefficient (Wildman–Crippen LogP) is 3.60. The van der Waals surface area contributed by atoms with Crippen molar-refractivity contribution in [2.75, 3.05) is 19.5 Å². The van der Waals surface area contributed by atoms with Gasteiger partial charge in [-0.25, -0.2) is 9.97 Å². The van der Waals surface area contributed by atoms with Gasteiger partial charge in [-0.1, -0.05) is 30.3 Å². The van der Waals surface area contributed by atoms with Crippen LogP contribution in [0.2, 0.25) is 0 Å². The van der Waals surface area contributed by atoms with E-state index in [0.29, 0.717) is 6.61 Å². The van der Waals surface area contributed by atoms with Crippen molar-refractivity contribution in [3.05, 3.63) is 51.0 Å². The second-order valence-corrected chi connectivity index (χ2v) is 6.41. The third-order valence-corrected chi connectivity index (χ3v) is 4.63. The van der Waals surface area contributed by atoms with Crippen molar-refractivity contribution < 1.29 is 4.74 Å². The van der Waals surface area contributed by atoms with Gasteiger partial charge in [0.1, 0.15) is 11.6 Å². The molecular formula is C16H20IN3O. The van der Waals surface area contributed by atoms with E-state index in [-0.39, 0.29) is 5.41 Å². The average Bonchev–Trinajstić information content (AvgIpc) is 2.50. The van der Waals surface area contributed by atoms with Crippen molar-refractivity contribution in [2.24, 2.45) is 0 Å². The van der Waals surface area contributed by atoms with Gasteiger partial charge in [-0.2, -0.15) is 0 Å². The van der Waals surface area contributed by atoms with E-state index in [9.17, 15) is 0 Å². The standard InChI is InChI=1S/C16H20IN3O/c1-16(2,11-8-6-5-7-9-11)15-19-12(10-21-4)13(17)14(18-3)20-15/h5-9H,10H2,1-4H3,(H,18,19,20). The lowest BCUT2D eigenvalue weighted by Gasteiger charge is -2.25. The van der Waals surface area contributed by atoms with Crippen LogP contribution in [0.5, 0.6) is 0 Å². The van der Waals surface area contributed by atoms with E-state index in [1.807, 2.05) is 25.2 Å². The maximum atomic E-state index is 5.26. The molecule has 1 heterocycles. The Bertz CT molecular complexity index is 614. The molecule has 0 bridgehead atoms. The highest BCUT2D eigenvalue weighted by Crippen LogP contribution is 2.31. The second kappa shape index (κ2) is 6.70. The van der Waals surface area contributed by atoms with Gasteiger partial charge >= 0.3 is 0 Å². The monoisotopic (exact) mass is 397 g/mol. The Kier molecular flexibility index (Phi) is 5.16. The van der Waals surface area contributed by atoms with Gasteiger partial charge in [-0.15, -0.1) is 0 Å². The minimum atomic E-state index is -0.264. The molecule has 21 heavy (non-hydrogen) atoms. The van der Waals surface area contributed by atoms with E-state index in [4.69, 9.17) is 14.7 Å². The minimum Gasteiger partial charge on any atom is -0.378 e. The molecule has 0 radical (unpaired) electrons. The molecule has 0 aliphatic carbocycles. The fourth-order valence-electron chi connectivity index (χ4n) is 2.15. The molecule has 1 N–H and O–H groups in total. The number of rotatable bonds is 5. The lowest BCUT2D eigenvalue weighted by molar-refractivity contribution is 0.180. The van der Waals surface area contributed by atoms with Gasteiger partial charge < -0.3 is 10.1 Å². The average molecular weight is 397 g/mol. The first-order chi connectivity index (χ1) is 10.0. The summed E-state index contributed by atoms with van der Waals surface area (Å²) in [6.45, 7) is 4.76. The SMILES string of the molecule is CNc1nc(C(C)(C)c2ccccc2)nc(COC)c1I. The first-order valence-corrected chi connectivity index (χ1v) is 7.87. The first-order valence-electron chi connectivity index (χ1n) is 6.79.